The van der Waals surface area contributed by atoms with Crippen LogP contribution in [0.4, 0.5) is 0 Å². The molecule has 2 aliphatic carbocycles. The van der Waals surface area contributed by atoms with E-state index in [0.717, 1.165) is 47.3 Å². The van der Waals surface area contributed by atoms with Crippen molar-refractivity contribution in [2.75, 3.05) is 0 Å². The first kappa shape index (κ1) is 19.7. The van der Waals surface area contributed by atoms with Crippen molar-refractivity contribution >= 4 is 11.9 Å². The Morgan fingerprint density at radius 1 is 1.14 bits per heavy atom. The number of hydrogen-bond acceptors (Lipinski definition) is 3. The van der Waals surface area contributed by atoms with Gasteiger partial charge in [-0.2, -0.15) is 0 Å². The fourth-order valence-electron chi connectivity index (χ4n) is 4.67. The number of aliphatic hydroxyl groups excluding tert-OH is 1. The molecule has 3 heteroatoms. The summed E-state index contributed by atoms with van der Waals surface area (Å²) >= 11 is 0. The van der Waals surface area contributed by atoms with Crippen LogP contribution in [0.2, 0.25) is 0 Å². The topological polar surface area (TPSA) is 46.5 Å². The Morgan fingerprint density at radius 2 is 1.86 bits per heavy atom. The minimum absolute atomic E-state index is 0.0486. The van der Waals surface area contributed by atoms with Crippen molar-refractivity contribution in [3.05, 3.63) is 82.9 Å². The van der Waals surface area contributed by atoms with Crippen molar-refractivity contribution in [2.45, 2.75) is 45.8 Å². The molecule has 0 amide bonds. The zero-order valence-corrected chi connectivity index (χ0v) is 17.1. The second-order valence-corrected chi connectivity index (χ2v) is 8.36. The van der Waals surface area contributed by atoms with E-state index in [2.05, 4.69) is 13.8 Å². The van der Waals surface area contributed by atoms with Crippen molar-refractivity contribution < 1.29 is 14.6 Å². The predicted octanol–water partition coefficient (Wildman–Crippen LogP) is 5.35. The van der Waals surface area contributed by atoms with Crippen molar-refractivity contribution in [3.8, 4) is 5.75 Å². The van der Waals surface area contributed by atoms with Crippen molar-refractivity contribution in [2.24, 2.45) is 11.3 Å². The van der Waals surface area contributed by atoms with Crippen molar-refractivity contribution in [1.29, 1.82) is 0 Å². The number of carbonyl (C=O) groups excluding carboxylic acids is 1. The van der Waals surface area contributed by atoms with Gasteiger partial charge in [-0.1, -0.05) is 68.0 Å². The van der Waals surface area contributed by atoms with Crippen LogP contribution in [0, 0.1) is 11.3 Å². The summed E-state index contributed by atoms with van der Waals surface area (Å²) in [6.45, 7) is 4.65. The average Bonchev–Trinajstić information content (AvgIpc) is 2.74. The fraction of sp³-hybridized carbons (Fsp3) is 0.346. The number of para-hydroxylation sites is 1. The van der Waals surface area contributed by atoms with E-state index in [4.69, 9.17) is 4.74 Å². The summed E-state index contributed by atoms with van der Waals surface area (Å²) in [7, 11) is 0. The average molecular weight is 389 g/mol. The largest absolute Gasteiger partial charge is 0.488 e. The maximum atomic E-state index is 12.9. The Hall–Kier alpha value is -2.65. The van der Waals surface area contributed by atoms with E-state index < -0.39 is 6.10 Å². The summed E-state index contributed by atoms with van der Waals surface area (Å²) in [5.41, 5.74) is 3.46. The SMILES string of the molecule is C[C@H]1C(=Cc2ccccc2OCc2ccccc2)C(=O)C=C2CCC[C@H](O)[C@]21C. The van der Waals surface area contributed by atoms with Crippen LogP contribution in [0.3, 0.4) is 0 Å². The van der Waals surface area contributed by atoms with E-state index in [9.17, 15) is 9.90 Å². The lowest BCUT2D eigenvalue weighted by atomic mass is 9.57. The number of benzene rings is 2. The maximum Gasteiger partial charge on any atom is 0.182 e. The van der Waals surface area contributed by atoms with Crippen LogP contribution in [0.15, 0.2) is 71.8 Å². The molecule has 0 aliphatic heterocycles. The second-order valence-electron chi connectivity index (χ2n) is 8.36. The molecule has 3 nitrogen and oxygen atoms in total. The first-order valence-electron chi connectivity index (χ1n) is 10.4. The first-order valence-corrected chi connectivity index (χ1v) is 10.4. The molecule has 1 N–H and O–H groups in total. The molecule has 0 spiro atoms. The number of carbonyl (C=O) groups is 1. The van der Waals surface area contributed by atoms with E-state index in [1.807, 2.05) is 60.7 Å². The Kier molecular flexibility index (Phi) is 5.42. The van der Waals surface area contributed by atoms with Gasteiger partial charge >= 0.3 is 0 Å². The lowest BCUT2D eigenvalue weighted by Crippen LogP contribution is -2.46. The van der Waals surface area contributed by atoms with Gasteiger partial charge < -0.3 is 9.84 Å². The van der Waals surface area contributed by atoms with Crippen LogP contribution >= 0.6 is 0 Å². The molecule has 4 rings (SSSR count). The van der Waals surface area contributed by atoms with Gasteiger partial charge in [0, 0.05) is 16.6 Å². The molecule has 0 aromatic heterocycles. The molecule has 2 aromatic rings. The molecule has 0 heterocycles. The third-order valence-electron chi connectivity index (χ3n) is 6.73. The zero-order valence-electron chi connectivity index (χ0n) is 17.1. The van der Waals surface area contributed by atoms with Crippen LogP contribution in [-0.2, 0) is 11.4 Å². The zero-order chi connectivity index (χ0) is 20.4. The molecule has 0 bridgehead atoms. The summed E-state index contributed by atoms with van der Waals surface area (Å²) in [5.74, 6) is 0.761. The van der Waals surface area contributed by atoms with Gasteiger partial charge in [0.05, 0.1) is 6.10 Å². The number of aliphatic hydroxyl groups is 1. The molecule has 150 valence electrons. The lowest BCUT2D eigenvalue weighted by Gasteiger charge is -2.48. The number of hydrogen-bond donors (Lipinski definition) is 1. The first-order chi connectivity index (χ1) is 14.0. The quantitative estimate of drug-likeness (QED) is 0.719. The summed E-state index contributed by atoms with van der Waals surface area (Å²) in [4.78, 5) is 12.9. The minimum Gasteiger partial charge on any atom is -0.488 e. The van der Waals surface area contributed by atoms with E-state index >= 15 is 0 Å². The minimum atomic E-state index is -0.418. The Labute approximate surface area is 172 Å². The van der Waals surface area contributed by atoms with Crippen LogP contribution < -0.4 is 4.74 Å². The lowest BCUT2D eigenvalue weighted by molar-refractivity contribution is -0.113. The van der Waals surface area contributed by atoms with Gasteiger partial charge in [0.1, 0.15) is 12.4 Å². The van der Waals surface area contributed by atoms with Crippen molar-refractivity contribution in [1.82, 2.24) is 0 Å². The Bertz CT molecular complexity index is 957. The molecular weight excluding hydrogens is 360 g/mol. The number of fused-ring (bicyclic) bond motifs is 1. The van der Waals surface area contributed by atoms with Gasteiger partial charge in [0.25, 0.3) is 0 Å². The molecule has 1 saturated carbocycles. The van der Waals surface area contributed by atoms with Gasteiger partial charge in [-0.25, -0.2) is 0 Å². The molecule has 2 aliphatic rings. The highest BCUT2D eigenvalue weighted by molar-refractivity contribution is 6.09. The predicted molar refractivity (Wildman–Crippen MR) is 115 cm³/mol. The highest BCUT2D eigenvalue weighted by Crippen LogP contribution is 2.51. The van der Waals surface area contributed by atoms with Crippen LogP contribution in [0.5, 0.6) is 5.75 Å². The van der Waals surface area contributed by atoms with Gasteiger partial charge in [-0.3, -0.25) is 4.79 Å². The Balaban J connectivity index is 1.66. The standard InChI is InChI=1S/C26H28O3/c1-18-22(23(27)16-21-12-8-14-25(28)26(18,21)2)15-20-11-6-7-13-24(20)29-17-19-9-4-3-5-10-19/h3-7,9-11,13,15-16,18,25,28H,8,12,14,17H2,1-2H3/t18-,25-,26-/m0/s1. The maximum absolute atomic E-state index is 12.9. The monoisotopic (exact) mass is 388 g/mol. The summed E-state index contributed by atoms with van der Waals surface area (Å²) in [6, 6.07) is 17.9. The Morgan fingerprint density at radius 3 is 2.66 bits per heavy atom. The highest BCUT2D eigenvalue weighted by Gasteiger charge is 2.48. The number of rotatable bonds is 4. The molecule has 0 unspecified atom stereocenters. The van der Waals surface area contributed by atoms with Crippen LogP contribution in [-0.4, -0.2) is 17.0 Å². The second kappa shape index (κ2) is 8.00. The molecule has 2 aromatic carbocycles. The third-order valence-corrected chi connectivity index (χ3v) is 6.73. The van der Waals surface area contributed by atoms with E-state index in [1.165, 1.54) is 0 Å². The number of ketones is 1. The molecule has 3 atom stereocenters. The van der Waals surface area contributed by atoms with Crippen molar-refractivity contribution in [3.63, 3.8) is 0 Å². The molecule has 1 fully saturated rings. The summed E-state index contributed by atoms with van der Waals surface area (Å²) in [6.07, 6.45) is 5.93. The molecule has 0 radical (unpaired) electrons. The van der Waals surface area contributed by atoms with Gasteiger partial charge in [-0.05, 0) is 49.0 Å². The van der Waals surface area contributed by atoms with E-state index in [-0.39, 0.29) is 17.1 Å². The summed E-state index contributed by atoms with van der Waals surface area (Å²) < 4.78 is 6.07. The normalized spacial score (nSPS) is 28.0. The van der Waals surface area contributed by atoms with E-state index in [0.29, 0.717) is 6.61 Å². The smallest absolute Gasteiger partial charge is 0.182 e. The third kappa shape index (κ3) is 3.67. The molecule has 29 heavy (non-hydrogen) atoms. The number of allylic oxidation sites excluding steroid dienone is 2. The fourth-order valence-corrected chi connectivity index (χ4v) is 4.67. The molecule has 0 saturated heterocycles. The highest BCUT2D eigenvalue weighted by atomic mass is 16.5. The number of ether oxygens (including phenoxy) is 1. The van der Waals surface area contributed by atoms with Gasteiger partial charge in [0.2, 0.25) is 0 Å². The van der Waals surface area contributed by atoms with E-state index in [1.54, 1.807) is 6.08 Å². The van der Waals surface area contributed by atoms with Crippen LogP contribution in [0.25, 0.3) is 6.08 Å². The van der Waals surface area contributed by atoms with Gasteiger partial charge in [0.15, 0.2) is 5.78 Å². The summed E-state index contributed by atoms with van der Waals surface area (Å²) in [5, 5.41) is 10.8. The van der Waals surface area contributed by atoms with Gasteiger partial charge in [-0.15, -0.1) is 0 Å². The molecular formula is C26H28O3. The van der Waals surface area contributed by atoms with Crippen LogP contribution in [0.1, 0.15) is 44.2 Å².